The van der Waals surface area contributed by atoms with Gasteiger partial charge in [0.1, 0.15) is 0 Å². The molecular formula is C12H14NO7P. The van der Waals surface area contributed by atoms with Crippen LogP contribution in [0.1, 0.15) is 12.0 Å². The quantitative estimate of drug-likeness (QED) is 0.269. The molecule has 2 N–H and O–H groups in total. The largest absolute Gasteiger partial charge is 0.466 e. The van der Waals surface area contributed by atoms with E-state index in [4.69, 9.17) is 9.79 Å². The summed E-state index contributed by atoms with van der Waals surface area (Å²) in [5.74, 6) is -0.707. The Bertz CT molecular complexity index is 603. The van der Waals surface area contributed by atoms with E-state index >= 15 is 0 Å². The highest BCUT2D eigenvalue weighted by atomic mass is 31.2. The molecule has 0 aliphatic carbocycles. The first-order valence-electron chi connectivity index (χ1n) is 5.81. The molecule has 0 heterocycles. The number of nitrogens with zero attached hydrogens (tertiary/aromatic N) is 1. The molecule has 0 aliphatic heterocycles. The number of non-ortho nitro benzene ring substituents is 1. The Morgan fingerprint density at radius 1 is 1.38 bits per heavy atom. The van der Waals surface area contributed by atoms with E-state index < -0.39 is 24.7 Å². The number of rotatable bonds is 6. The number of methoxy groups -OCH3 is 1. The first-order chi connectivity index (χ1) is 9.73. The van der Waals surface area contributed by atoms with E-state index in [9.17, 15) is 19.5 Å². The van der Waals surface area contributed by atoms with Crippen molar-refractivity contribution in [3.63, 3.8) is 0 Å². The fourth-order valence-corrected chi connectivity index (χ4v) is 2.06. The third kappa shape index (κ3) is 5.86. The maximum Gasteiger partial charge on any atom is 0.333 e. The van der Waals surface area contributed by atoms with Crippen LogP contribution in [-0.4, -0.2) is 34.0 Å². The minimum absolute atomic E-state index is 0.0784. The van der Waals surface area contributed by atoms with Gasteiger partial charge in [-0.3, -0.25) is 14.7 Å². The summed E-state index contributed by atoms with van der Waals surface area (Å²) in [6, 6.07) is 5.39. The molecule has 0 amide bonds. The second-order valence-corrected chi connectivity index (χ2v) is 5.92. The van der Waals surface area contributed by atoms with Crippen LogP contribution in [0.25, 0.3) is 6.08 Å². The maximum absolute atomic E-state index is 11.6. The molecule has 1 rings (SSSR count). The van der Waals surface area contributed by atoms with Crippen LogP contribution in [0.15, 0.2) is 29.8 Å². The van der Waals surface area contributed by atoms with Crippen LogP contribution in [0, 0.1) is 10.1 Å². The highest BCUT2D eigenvalue weighted by Gasteiger charge is 2.18. The van der Waals surface area contributed by atoms with Crippen molar-refractivity contribution in [2.45, 2.75) is 6.42 Å². The van der Waals surface area contributed by atoms with Gasteiger partial charge >= 0.3 is 13.6 Å². The number of nitro benzene ring substituents is 1. The van der Waals surface area contributed by atoms with Gasteiger partial charge in [-0.1, -0.05) is 0 Å². The summed E-state index contributed by atoms with van der Waals surface area (Å²) in [5.41, 5.74) is 0.475. The zero-order valence-corrected chi connectivity index (χ0v) is 12.0. The number of hydrogen-bond acceptors (Lipinski definition) is 5. The molecule has 0 bridgehead atoms. The molecule has 114 valence electrons. The molecule has 0 radical (unpaired) electrons. The third-order valence-electron chi connectivity index (χ3n) is 2.56. The monoisotopic (exact) mass is 315 g/mol. The lowest BCUT2D eigenvalue weighted by molar-refractivity contribution is -0.384. The molecule has 0 fully saturated rings. The van der Waals surface area contributed by atoms with Gasteiger partial charge in [-0.25, -0.2) is 4.79 Å². The molecule has 0 aromatic heterocycles. The van der Waals surface area contributed by atoms with E-state index in [2.05, 4.69) is 4.74 Å². The van der Waals surface area contributed by atoms with E-state index in [0.29, 0.717) is 5.56 Å². The molecule has 0 saturated carbocycles. The van der Waals surface area contributed by atoms with Crippen LogP contribution >= 0.6 is 7.60 Å². The lowest BCUT2D eigenvalue weighted by atomic mass is 10.1. The van der Waals surface area contributed by atoms with Crippen molar-refractivity contribution in [3.05, 3.63) is 45.5 Å². The topological polar surface area (TPSA) is 127 Å². The van der Waals surface area contributed by atoms with Crippen molar-refractivity contribution in [1.29, 1.82) is 0 Å². The molecule has 9 heteroatoms. The molecule has 8 nitrogen and oxygen atoms in total. The molecule has 21 heavy (non-hydrogen) atoms. The minimum atomic E-state index is -4.23. The van der Waals surface area contributed by atoms with Gasteiger partial charge in [0.05, 0.1) is 18.2 Å². The first-order valence-corrected chi connectivity index (χ1v) is 7.60. The number of benzene rings is 1. The van der Waals surface area contributed by atoms with Crippen molar-refractivity contribution in [3.8, 4) is 0 Å². The number of hydrogen-bond donors (Lipinski definition) is 2. The minimum Gasteiger partial charge on any atom is -0.466 e. The summed E-state index contributed by atoms with van der Waals surface area (Å²) in [7, 11) is -3.08. The lowest BCUT2D eigenvalue weighted by Crippen LogP contribution is -2.06. The van der Waals surface area contributed by atoms with Gasteiger partial charge in [0.15, 0.2) is 0 Å². The van der Waals surface area contributed by atoms with Crippen LogP contribution in [0.3, 0.4) is 0 Å². The lowest BCUT2D eigenvalue weighted by Gasteiger charge is -2.07. The second-order valence-electron chi connectivity index (χ2n) is 4.15. The van der Waals surface area contributed by atoms with Crippen molar-refractivity contribution >= 4 is 25.3 Å². The van der Waals surface area contributed by atoms with Gasteiger partial charge in [-0.05, 0) is 30.2 Å². The van der Waals surface area contributed by atoms with Crippen molar-refractivity contribution < 1.29 is 28.8 Å². The van der Waals surface area contributed by atoms with Gasteiger partial charge in [0.25, 0.3) is 5.69 Å². The second kappa shape index (κ2) is 7.12. The number of esters is 1. The van der Waals surface area contributed by atoms with Crippen LogP contribution in [-0.2, 0) is 14.1 Å². The molecule has 1 aromatic rings. The predicted octanol–water partition coefficient (Wildman–Crippen LogP) is 1.72. The van der Waals surface area contributed by atoms with Crippen LogP contribution in [0.5, 0.6) is 0 Å². The maximum atomic E-state index is 11.6. The van der Waals surface area contributed by atoms with Crippen LogP contribution < -0.4 is 0 Å². The molecule has 0 saturated heterocycles. The van der Waals surface area contributed by atoms with Crippen molar-refractivity contribution in [2.75, 3.05) is 13.3 Å². The standard InChI is InChI=1S/C12H14NO7P/c1-20-12(14)10(6-7-21(17,18)19)8-9-2-4-11(5-3-9)13(15)16/h2-5,8H,6-7H2,1H3,(H2,17,18,19)/b10-8+. The molecule has 0 aliphatic rings. The van der Waals surface area contributed by atoms with Gasteiger partial charge in [-0.15, -0.1) is 0 Å². The average Bonchev–Trinajstić information content (AvgIpc) is 2.42. The fourth-order valence-electron chi connectivity index (χ4n) is 1.52. The van der Waals surface area contributed by atoms with E-state index in [1.165, 1.54) is 30.3 Å². The molecular weight excluding hydrogens is 301 g/mol. The van der Waals surface area contributed by atoms with E-state index in [-0.39, 0.29) is 17.7 Å². The Morgan fingerprint density at radius 3 is 2.38 bits per heavy atom. The zero-order valence-electron chi connectivity index (χ0n) is 11.1. The molecule has 0 atom stereocenters. The summed E-state index contributed by atoms with van der Waals surface area (Å²) < 4.78 is 15.4. The number of ether oxygens (including phenoxy) is 1. The van der Waals surface area contributed by atoms with E-state index in [0.717, 1.165) is 7.11 Å². The van der Waals surface area contributed by atoms with Gasteiger partial charge in [-0.2, -0.15) is 0 Å². The molecule has 1 aromatic carbocycles. The number of carbonyl (C=O) groups is 1. The zero-order chi connectivity index (χ0) is 16.0. The normalized spacial score (nSPS) is 12.0. The SMILES string of the molecule is COC(=O)/C(=C/c1ccc([N+](=O)[O-])cc1)CCP(=O)(O)O. The molecule has 0 unspecified atom stereocenters. The van der Waals surface area contributed by atoms with E-state index in [1.807, 2.05) is 0 Å². The first kappa shape index (κ1) is 17.0. The number of nitro groups is 1. The number of carbonyl (C=O) groups excluding carboxylic acids is 1. The third-order valence-corrected chi connectivity index (χ3v) is 3.37. The Morgan fingerprint density at radius 2 is 1.95 bits per heavy atom. The van der Waals surface area contributed by atoms with Crippen molar-refractivity contribution in [2.24, 2.45) is 0 Å². The van der Waals surface area contributed by atoms with Crippen molar-refractivity contribution in [1.82, 2.24) is 0 Å². The Labute approximate surface area is 120 Å². The highest BCUT2D eigenvalue weighted by molar-refractivity contribution is 7.51. The van der Waals surface area contributed by atoms with Gasteiger partial charge < -0.3 is 14.5 Å². The Hall–Kier alpha value is -2.02. The average molecular weight is 315 g/mol. The van der Waals surface area contributed by atoms with E-state index in [1.54, 1.807) is 0 Å². The fraction of sp³-hybridized carbons (Fsp3) is 0.250. The summed E-state index contributed by atoms with van der Waals surface area (Å²) >= 11 is 0. The summed E-state index contributed by atoms with van der Waals surface area (Å²) in [5, 5.41) is 10.5. The smallest absolute Gasteiger partial charge is 0.333 e. The van der Waals surface area contributed by atoms with Gasteiger partial charge in [0.2, 0.25) is 0 Å². The van der Waals surface area contributed by atoms with Crippen LogP contribution in [0.4, 0.5) is 5.69 Å². The molecule has 0 spiro atoms. The highest BCUT2D eigenvalue weighted by Crippen LogP contribution is 2.36. The summed E-state index contributed by atoms with van der Waals surface area (Å²) in [6.45, 7) is 0. The predicted molar refractivity (Wildman–Crippen MR) is 74.6 cm³/mol. The Kier molecular flexibility index (Phi) is 5.78. The van der Waals surface area contributed by atoms with Gasteiger partial charge in [0, 0.05) is 17.7 Å². The summed E-state index contributed by atoms with van der Waals surface area (Å²) in [4.78, 5) is 39.2. The summed E-state index contributed by atoms with van der Waals surface area (Å²) in [6.07, 6.45) is 0.736. The Balaban J connectivity index is 2.99. The van der Waals surface area contributed by atoms with Crippen LogP contribution in [0.2, 0.25) is 0 Å².